The zero-order valence-electron chi connectivity index (χ0n) is 11.6. The van der Waals surface area contributed by atoms with Gasteiger partial charge >= 0.3 is 5.97 Å². The molecule has 1 fully saturated rings. The molecular formula is C14H22N2O3. The molecule has 5 nitrogen and oxygen atoms in total. The Kier molecular flexibility index (Phi) is 4.99. The molecule has 1 aromatic heterocycles. The van der Waals surface area contributed by atoms with Crippen molar-refractivity contribution in [2.75, 3.05) is 27.2 Å². The van der Waals surface area contributed by atoms with Crippen LogP contribution < -0.4 is 5.32 Å². The SMILES string of the molecule is COC(=O)c1ccc(CN(C)CC2CCCCN2)o1. The van der Waals surface area contributed by atoms with E-state index in [1.54, 1.807) is 6.07 Å². The fraction of sp³-hybridized carbons (Fsp3) is 0.643. The Balaban J connectivity index is 1.82. The fourth-order valence-corrected chi connectivity index (χ4v) is 2.46. The van der Waals surface area contributed by atoms with E-state index in [1.165, 1.54) is 26.4 Å². The largest absolute Gasteiger partial charge is 0.463 e. The number of hydrogen-bond donors (Lipinski definition) is 1. The van der Waals surface area contributed by atoms with Crippen molar-refractivity contribution >= 4 is 5.97 Å². The zero-order valence-corrected chi connectivity index (χ0v) is 11.6. The summed E-state index contributed by atoms with van der Waals surface area (Å²) in [5.74, 6) is 0.628. The van der Waals surface area contributed by atoms with Crippen LogP contribution in [0.4, 0.5) is 0 Å². The number of likely N-dealkylation sites (N-methyl/N-ethyl adjacent to an activating group) is 1. The Hall–Kier alpha value is -1.33. The number of nitrogens with one attached hydrogen (secondary N) is 1. The summed E-state index contributed by atoms with van der Waals surface area (Å²) in [6.07, 6.45) is 3.82. The molecule has 1 aliphatic heterocycles. The molecule has 0 aromatic carbocycles. The number of esters is 1. The molecule has 1 atom stereocenters. The number of nitrogens with zero attached hydrogens (tertiary/aromatic N) is 1. The van der Waals surface area contributed by atoms with Crippen LogP contribution in [0, 0.1) is 0 Å². The van der Waals surface area contributed by atoms with E-state index in [4.69, 9.17) is 4.42 Å². The van der Waals surface area contributed by atoms with Gasteiger partial charge in [-0.15, -0.1) is 0 Å². The van der Waals surface area contributed by atoms with Crippen molar-refractivity contribution in [1.82, 2.24) is 10.2 Å². The lowest BCUT2D eigenvalue weighted by molar-refractivity contribution is 0.0561. The van der Waals surface area contributed by atoms with Crippen LogP contribution in [0.25, 0.3) is 0 Å². The highest BCUT2D eigenvalue weighted by Gasteiger charge is 2.16. The molecule has 1 aromatic rings. The normalized spacial score (nSPS) is 19.6. The van der Waals surface area contributed by atoms with Gasteiger partial charge in [0, 0.05) is 12.6 Å². The summed E-state index contributed by atoms with van der Waals surface area (Å²) in [7, 11) is 3.42. The third-order valence-corrected chi connectivity index (χ3v) is 3.42. The lowest BCUT2D eigenvalue weighted by Gasteiger charge is -2.27. The maximum atomic E-state index is 11.3. The van der Waals surface area contributed by atoms with Gasteiger partial charge in [0.25, 0.3) is 0 Å². The molecular weight excluding hydrogens is 244 g/mol. The summed E-state index contributed by atoms with van der Waals surface area (Å²) in [6.45, 7) is 2.81. The first-order valence-electron chi connectivity index (χ1n) is 6.78. The van der Waals surface area contributed by atoms with Crippen LogP contribution in [0.1, 0.15) is 35.6 Å². The molecule has 2 heterocycles. The van der Waals surface area contributed by atoms with Gasteiger partial charge in [0.2, 0.25) is 5.76 Å². The van der Waals surface area contributed by atoms with Crippen LogP contribution >= 0.6 is 0 Å². The van der Waals surface area contributed by atoms with Gasteiger partial charge in [-0.2, -0.15) is 0 Å². The van der Waals surface area contributed by atoms with Gasteiger partial charge in [-0.05, 0) is 38.6 Å². The second-order valence-corrected chi connectivity index (χ2v) is 5.10. The lowest BCUT2D eigenvalue weighted by Crippen LogP contribution is -2.42. The topological polar surface area (TPSA) is 54.7 Å². The van der Waals surface area contributed by atoms with Crippen LogP contribution in [0.3, 0.4) is 0 Å². The van der Waals surface area contributed by atoms with Crippen molar-refractivity contribution in [2.24, 2.45) is 0 Å². The van der Waals surface area contributed by atoms with Crippen molar-refractivity contribution in [3.63, 3.8) is 0 Å². The summed E-state index contributed by atoms with van der Waals surface area (Å²) in [4.78, 5) is 13.5. The first-order valence-corrected chi connectivity index (χ1v) is 6.78. The van der Waals surface area contributed by atoms with Crippen molar-refractivity contribution in [3.8, 4) is 0 Å². The van der Waals surface area contributed by atoms with E-state index in [2.05, 4.69) is 22.0 Å². The molecule has 0 spiro atoms. The van der Waals surface area contributed by atoms with Gasteiger partial charge in [-0.3, -0.25) is 4.90 Å². The molecule has 0 saturated carbocycles. The average Bonchev–Trinajstić information content (AvgIpc) is 2.87. The van der Waals surface area contributed by atoms with E-state index in [-0.39, 0.29) is 5.76 Å². The Morgan fingerprint density at radius 1 is 1.53 bits per heavy atom. The number of rotatable bonds is 5. The molecule has 1 aliphatic rings. The third kappa shape index (κ3) is 4.08. The van der Waals surface area contributed by atoms with Crippen LogP contribution in [-0.4, -0.2) is 44.2 Å². The van der Waals surface area contributed by atoms with E-state index in [9.17, 15) is 4.79 Å². The maximum absolute atomic E-state index is 11.3. The number of ether oxygens (including phenoxy) is 1. The lowest BCUT2D eigenvalue weighted by atomic mass is 10.0. The van der Waals surface area contributed by atoms with Gasteiger partial charge in [0.15, 0.2) is 0 Å². The number of carbonyl (C=O) groups is 1. The molecule has 1 N–H and O–H groups in total. The van der Waals surface area contributed by atoms with Gasteiger partial charge < -0.3 is 14.5 Å². The van der Waals surface area contributed by atoms with Crippen LogP contribution in [0.2, 0.25) is 0 Å². The number of hydrogen-bond acceptors (Lipinski definition) is 5. The molecule has 0 radical (unpaired) electrons. The first-order chi connectivity index (χ1) is 9.19. The van der Waals surface area contributed by atoms with Gasteiger partial charge in [0.1, 0.15) is 5.76 Å². The van der Waals surface area contributed by atoms with E-state index in [0.29, 0.717) is 12.6 Å². The van der Waals surface area contributed by atoms with Crippen molar-refractivity contribution in [3.05, 3.63) is 23.7 Å². The van der Waals surface area contributed by atoms with Crippen LogP contribution in [0.15, 0.2) is 16.5 Å². The highest BCUT2D eigenvalue weighted by molar-refractivity contribution is 5.86. The monoisotopic (exact) mass is 266 g/mol. The predicted molar refractivity (Wildman–Crippen MR) is 72.0 cm³/mol. The molecule has 19 heavy (non-hydrogen) atoms. The fourth-order valence-electron chi connectivity index (χ4n) is 2.46. The average molecular weight is 266 g/mol. The Morgan fingerprint density at radius 3 is 3.05 bits per heavy atom. The molecule has 1 saturated heterocycles. The molecule has 0 amide bonds. The third-order valence-electron chi connectivity index (χ3n) is 3.42. The Bertz CT molecular complexity index is 411. The highest BCUT2D eigenvalue weighted by atomic mass is 16.5. The summed E-state index contributed by atoms with van der Waals surface area (Å²) >= 11 is 0. The van der Waals surface area contributed by atoms with E-state index in [0.717, 1.165) is 18.8 Å². The van der Waals surface area contributed by atoms with Gasteiger partial charge in [0.05, 0.1) is 13.7 Å². The zero-order chi connectivity index (χ0) is 13.7. The first kappa shape index (κ1) is 14.1. The molecule has 1 unspecified atom stereocenters. The standard InChI is InChI=1S/C14H22N2O3/c1-16(9-11-5-3-4-8-15-11)10-12-6-7-13(19-12)14(17)18-2/h6-7,11,15H,3-5,8-10H2,1-2H3. The van der Waals surface area contributed by atoms with Crippen LogP contribution in [0.5, 0.6) is 0 Å². The Morgan fingerprint density at radius 2 is 2.37 bits per heavy atom. The molecule has 2 rings (SSSR count). The number of furan rings is 1. The second-order valence-electron chi connectivity index (χ2n) is 5.10. The Labute approximate surface area is 113 Å². The molecule has 5 heteroatoms. The minimum Gasteiger partial charge on any atom is -0.463 e. The van der Waals surface area contributed by atoms with Gasteiger partial charge in [-0.1, -0.05) is 6.42 Å². The van der Waals surface area contributed by atoms with Crippen molar-refractivity contribution < 1.29 is 13.9 Å². The smallest absolute Gasteiger partial charge is 0.373 e. The second kappa shape index (κ2) is 6.73. The molecule has 106 valence electrons. The molecule has 0 aliphatic carbocycles. The van der Waals surface area contributed by atoms with Crippen molar-refractivity contribution in [2.45, 2.75) is 31.8 Å². The minimum absolute atomic E-state index is 0.265. The van der Waals surface area contributed by atoms with E-state index in [1.807, 2.05) is 6.07 Å². The van der Waals surface area contributed by atoms with Gasteiger partial charge in [-0.25, -0.2) is 4.79 Å². The summed E-state index contributed by atoms with van der Waals surface area (Å²) in [6, 6.07) is 4.05. The highest BCUT2D eigenvalue weighted by Crippen LogP contribution is 2.13. The predicted octanol–water partition coefficient (Wildman–Crippen LogP) is 1.64. The number of piperidine rings is 1. The maximum Gasteiger partial charge on any atom is 0.373 e. The summed E-state index contributed by atoms with van der Waals surface area (Å²) < 4.78 is 10.1. The van der Waals surface area contributed by atoms with E-state index < -0.39 is 5.97 Å². The van der Waals surface area contributed by atoms with Crippen LogP contribution in [-0.2, 0) is 11.3 Å². The van der Waals surface area contributed by atoms with Crippen molar-refractivity contribution in [1.29, 1.82) is 0 Å². The quantitative estimate of drug-likeness (QED) is 0.821. The molecule has 0 bridgehead atoms. The number of carbonyl (C=O) groups excluding carboxylic acids is 1. The summed E-state index contributed by atoms with van der Waals surface area (Å²) in [5.41, 5.74) is 0. The minimum atomic E-state index is -0.428. The summed E-state index contributed by atoms with van der Waals surface area (Å²) in [5, 5.41) is 3.52. The van der Waals surface area contributed by atoms with E-state index >= 15 is 0 Å². The number of methoxy groups -OCH3 is 1.